The maximum absolute atomic E-state index is 13.0. The number of rotatable bonds is 10. The van der Waals surface area contributed by atoms with Crippen molar-refractivity contribution in [2.24, 2.45) is 7.05 Å². The summed E-state index contributed by atoms with van der Waals surface area (Å²) in [7, 11) is -2.76. The van der Waals surface area contributed by atoms with E-state index in [0.717, 1.165) is 17.5 Å². The predicted octanol–water partition coefficient (Wildman–Crippen LogP) is 1.88. The number of nitro groups is 1. The van der Waals surface area contributed by atoms with Crippen LogP contribution in [0.2, 0.25) is 0 Å². The van der Waals surface area contributed by atoms with Crippen LogP contribution < -0.4 is 15.6 Å². The third-order valence-electron chi connectivity index (χ3n) is 5.38. The lowest BCUT2D eigenvalue weighted by molar-refractivity contribution is -0.380. The van der Waals surface area contributed by atoms with Crippen LogP contribution in [0.15, 0.2) is 64.4 Å². The van der Waals surface area contributed by atoms with Crippen LogP contribution in [0.4, 0.5) is 10.1 Å². The zero-order chi connectivity index (χ0) is 26.7. The third-order valence-corrected chi connectivity index (χ3v) is 7.76. The molecule has 3 N–H and O–H groups in total. The quantitative estimate of drug-likeness (QED) is 0.196. The van der Waals surface area contributed by atoms with Crippen molar-refractivity contribution in [3.8, 4) is 0 Å². The molecule has 0 aliphatic carbocycles. The summed E-state index contributed by atoms with van der Waals surface area (Å²) in [5.74, 6) is -1.33. The van der Waals surface area contributed by atoms with Gasteiger partial charge in [-0.25, -0.2) is 18.4 Å². The van der Waals surface area contributed by atoms with Crippen molar-refractivity contribution < 1.29 is 23.2 Å². The average molecular weight is 545 g/mol. The molecule has 13 nitrogen and oxygen atoms in total. The number of anilines is 1. The van der Waals surface area contributed by atoms with Crippen molar-refractivity contribution in [2.75, 3.05) is 5.32 Å². The van der Waals surface area contributed by atoms with Crippen molar-refractivity contribution in [1.82, 2.24) is 19.3 Å². The molecule has 0 saturated heterocycles. The summed E-state index contributed by atoms with van der Waals surface area (Å²) in [5.41, 5.74) is 0.769. The third kappa shape index (κ3) is 5.79. The van der Waals surface area contributed by atoms with Gasteiger partial charge in [-0.15, -0.1) is 0 Å². The summed E-state index contributed by atoms with van der Waals surface area (Å²) >= 11 is 0.795. The van der Waals surface area contributed by atoms with Gasteiger partial charge in [0.1, 0.15) is 17.9 Å². The van der Waals surface area contributed by atoms with Gasteiger partial charge in [-0.3, -0.25) is 19.7 Å². The number of thiazole rings is 1. The Morgan fingerprint density at radius 1 is 1.24 bits per heavy atom. The molecule has 0 aliphatic rings. The maximum atomic E-state index is 13.0. The van der Waals surface area contributed by atoms with Crippen LogP contribution in [-0.2, 0) is 34.8 Å². The molecule has 37 heavy (non-hydrogen) atoms. The predicted molar refractivity (Wildman–Crippen MR) is 135 cm³/mol. The van der Waals surface area contributed by atoms with Crippen LogP contribution in [0.5, 0.6) is 0 Å². The summed E-state index contributed by atoms with van der Waals surface area (Å²) in [6.45, 7) is -0.110. The highest BCUT2D eigenvalue weighted by atomic mass is 32.2. The first-order chi connectivity index (χ1) is 17.5. The number of benzene rings is 2. The molecule has 0 bridgehead atoms. The number of hydrogen-bond donors (Lipinski definition) is 3. The lowest BCUT2D eigenvalue weighted by Crippen LogP contribution is -2.42. The van der Waals surface area contributed by atoms with E-state index < -0.39 is 32.5 Å². The Balaban J connectivity index is 1.61. The van der Waals surface area contributed by atoms with Crippen molar-refractivity contribution in [3.05, 3.63) is 86.5 Å². The summed E-state index contributed by atoms with van der Waals surface area (Å²) in [6, 6.07) is 11.1. The molecular formula is C22H20N6O7S2. The monoisotopic (exact) mass is 544 g/mol. The molecule has 15 heteroatoms. The van der Waals surface area contributed by atoms with Crippen molar-refractivity contribution in [3.63, 3.8) is 0 Å². The first kappa shape index (κ1) is 25.9. The molecule has 0 saturated carbocycles. The topological polar surface area (TPSA) is 186 Å². The number of nitrogens with zero attached hydrogens (tertiary/aromatic N) is 4. The van der Waals surface area contributed by atoms with E-state index in [1.54, 1.807) is 30.3 Å². The fourth-order valence-corrected chi connectivity index (χ4v) is 5.37. The minimum absolute atomic E-state index is 0.0304. The molecule has 2 heterocycles. The Bertz CT molecular complexity index is 1650. The second-order valence-corrected chi connectivity index (χ2v) is 10.6. The van der Waals surface area contributed by atoms with Gasteiger partial charge >= 0.3 is 11.0 Å². The Labute approximate surface area is 213 Å². The first-order valence-electron chi connectivity index (χ1n) is 10.7. The number of hydrogen-bond acceptors (Lipinski definition) is 10. The van der Waals surface area contributed by atoms with Gasteiger partial charge in [-0.1, -0.05) is 30.3 Å². The van der Waals surface area contributed by atoms with E-state index in [-0.39, 0.29) is 39.2 Å². The van der Waals surface area contributed by atoms with Gasteiger partial charge in [-0.05, 0) is 41.5 Å². The molecule has 0 amide bonds. The normalized spacial score (nSPS) is 12.4. The number of carboxylic acids is 1. The summed E-state index contributed by atoms with van der Waals surface area (Å²) in [5, 5.41) is 23.3. The molecule has 192 valence electrons. The molecule has 0 aliphatic heterocycles. The highest BCUT2D eigenvalue weighted by molar-refractivity contribution is 7.89. The lowest BCUT2D eigenvalue weighted by Gasteiger charge is -2.16. The van der Waals surface area contributed by atoms with Gasteiger partial charge in [0.25, 0.3) is 5.56 Å². The fourth-order valence-electron chi connectivity index (χ4n) is 3.53. The highest BCUT2D eigenvalue weighted by Crippen LogP contribution is 2.25. The van der Waals surface area contributed by atoms with E-state index in [9.17, 15) is 33.2 Å². The van der Waals surface area contributed by atoms with E-state index in [0.29, 0.717) is 11.1 Å². The van der Waals surface area contributed by atoms with Crippen LogP contribution in [0, 0.1) is 10.1 Å². The van der Waals surface area contributed by atoms with Gasteiger partial charge in [0.15, 0.2) is 5.13 Å². The highest BCUT2D eigenvalue weighted by Gasteiger charge is 2.26. The van der Waals surface area contributed by atoms with Gasteiger partial charge < -0.3 is 15.0 Å². The molecule has 2 aromatic carbocycles. The number of sulfonamides is 1. The number of fused-ring (bicyclic) bond motifs is 1. The average Bonchev–Trinajstić information content (AvgIpc) is 3.34. The summed E-state index contributed by atoms with van der Waals surface area (Å²) in [6.07, 6.45) is 1.03. The van der Waals surface area contributed by atoms with E-state index >= 15 is 0 Å². The number of carbonyl (C=O) groups is 1. The molecule has 4 rings (SSSR count). The van der Waals surface area contributed by atoms with Crippen LogP contribution >= 0.6 is 11.3 Å². The molecule has 1 unspecified atom stereocenters. The number of aryl methyl sites for hydroxylation is 1. The van der Waals surface area contributed by atoms with E-state index in [4.69, 9.17) is 0 Å². The minimum Gasteiger partial charge on any atom is -0.480 e. The van der Waals surface area contributed by atoms with E-state index in [1.165, 1.54) is 29.8 Å². The van der Waals surface area contributed by atoms with Crippen LogP contribution in [0.25, 0.3) is 11.0 Å². The van der Waals surface area contributed by atoms with Gasteiger partial charge in [0, 0.05) is 7.05 Å². The maximum Gasteiger partial charge on any atom is 0.345 e. The minimum atomic E-state index is -4.26. The molecule has 0 fully saturated rings. The van der Waals surface area contributed by atoms with Crippen molar-refractivity contribution >= 4 is 48.5 Å². The lowest BCUT2D eigenvalue weighted by atomic mass is 10.1. The zero-order valence-corrected chi connectivity index (χ0v) is 20.8. The van der Waals surface area contributed by atoms with Gasteiger partial charge in [-0.2, -0.15) is 4.72 Å². The number of nitrogens with one attached hydrogen (secondary N) is 2. The number of carboxylic acid groups (broad SMARTS) is 1. The zero-order valence-electron chi connectivity index (χ0n) is 19.2. The standard InChI is InChI=1S/C22H20N6O7S2/c1-27-18-8-7-14(37(34,35)26-16(21(30)31)9-13-5-3-2-4-6-13)10-15(18)25-17(20(27)29)11-23-22-24-12-19(36-22)28(32)33/h2-8,10,12,16,26H,9,11H2,1H3,(H,23,24)(H,30,31). The number of aromatic nitrogens is 3. The SMILES string of the molecule is Cn1c(=O)c(CNc2ncc([N+](=O)[O-])s2)nc2cc(S(=O)(=O)NC(Cc3ccccc3)C(=O)O)ccc21. The van der Waals surface area contributed by atoms with E-state index in [1.807, 2.05) is 0 Å². The van der Waals surface area contributed by atoms with Crippen LogP contribution in [-0.4, -0.2) is 45.0 Å². The van der Waals surface area contributed by atoms with Crippen molar-refractivity contribution in [2.45, 2.75) is 23.9 Å². The molecule has 0 spiro atoms. The Morgan fingerprint density at radius 3 is 2.62 bits per heavy atom. The Hall–Kier alpha value is -4.21. The number of aliphatic carboxylic acids is 1. The molecule has 2 aromatic heterocycles. The van der Waals surface area contributed by atoms with Crippen LogP contribution in [0.1, 0.15) is 11.3 Å². The fraction of sp³-hybridized carbons (Fsp3) is 0.182. The molecule has 4 aromatic rings. The smallest absolute Gasteiger partial charge is 0.345 e. The molecule has 0 radical (unpaired) electrons. The molecule has 1 atom stereocenters. The van der Waals surface area contributed by atoms with Crippen molar-refractivity contribution in [1.29, 1.82) is 0 Å². The van der Waals surface area contributed by atoms with Crippen LogP contribution in [0.3, 0.4) is 0 Å². The van der Waals surface area contributed by atoms with Gasteiger partial charge in [0.2, 0.25) is 10.0 Å². The molecular weight excluding hydrogens is 524 g/mol. The second kappa shape index (κ2) is 10.4. The summed E-state index contributed by atoms with van der Waals surface area (Å²) < 4.78 is 29.6. The summed E-state index contributed by atoms with van der Waals surface area (Å²) in [4.78, 5) is 42.7. The largest absolute Gasteiger partial charge is 0.480 e. The van der Waals surface area contributed by atoms with Gasteiger partial charge in [0.05, 0.1) is 27.4 Å². The Kier molecular flexibility index (Phi) is 7.28. The Morgan fingerprint density at radius 2 is 1.97 bits per heavy atom. The first-order valence-corrected chi connectivity index (χ1v) is 13.0. The second-order valence-electron chi connectivity index (χ2n) is 7.89. The van der Waals surface area contributed by atoms with E-state index in [2.05, 4.69) is 20.0 Å².